The molecular formula is C45H43IrN3OSi-2. The van der Waals surface area contributed by atoms with Gasteiger partial charge in [-0.15, -0.1) is 54.1 Å². The Morgan fingerprint density at radius 3 is 2.24 bits per heavy atom. The van der Waals surface area contributed by atoms with Crippen LogP contribution in [-0.4, -0.2) is 22.6 Å². The molecule has 0 saturated heterocycles. The van der Waals surface area contributed by atoms with Gasteiger partial charge in [-0.1, -0.05) is 117 Å². The minimum atomic E-state index is -1.37. The molecule has 5 aromatic carbocycles. The van der Waals surface area contributed by atoms with Crippen molar-refractivity contribution in [1.29, 1.82) is 0 Å². The second kappa shape index (κ2) is 15.7. The van der Waals surface area contributed by atoms with Crippen molar-refractivity contribution in [2.45, 2.75) is 52.8 Å². The molecule has 8 aromatic rings. The van der Waals surface area contributed by atoms with Gasteiger partial charge in [-0.05, 0) is 53.6 Å². The quantitative estimate of drug-likeness (QED) is 0.113. The fourth-order valence-electron chi connectivity index (χ4n) is 6.82. The smallest absolute Gasteiger partial charge is 0.120 e. The van der Waals surface area contributed by atoms with Gasteiger partial charge in [0.2, 0.25) is 0 Å². The largest absolute Gasteiger partial charge is 0.501 e. The topological polar surface area (TPSA) is 43.9 Å². The summed E-state index contributed by atoms with van der Waals surface area (Å²) in [6.45, 7) is 11.8. The number of benzene rings is 5. The first kappa shape index (κ1) is 36.2. The van der Waals surface area contributed by atoms with E-state index in [4.69, 9.17) is 14.4 Å². The number of fused-ring (bicyclic) bond motifs is 4. The van der Waals surface area contributed by atoms with Crippen LogP contribution in [0.2, 0.25) is 19.6 Å². The minimum Gasteiger partial charge on any atom is -0.501 e. The minimum absolute atomic E-state index is 0. The van der Waals surface area contributed by atoms with Crippen LogP contribution in [0, 0.1) is 18.1 Å². The van der Waals surface area contributed by atoms with Crippen LogP contribution in [0.4, 0.5) is 0 Å². The van der Waals surface area contributed by atoms with Crippen LogP contribution in [0.15, 0.2) is 132 Å². The number of imidazole rings is 1. The van der Waals surface area contributed by atoms with E-state index < -0.39 is 8.07 Å². The molecule has 4 nitrogen and oxygen atoms in total. The monoisotopic (exact) mass is 862 g/mol. The molecule has 0 aliphatic heterocycles. The third-order valence-electron chi connectivity index (χ3n) is 9.58. The maximum atomic E-state index is 6.24. The van der Waals surface area contributed by atoms with Crippen molar-refractivity contribution in [3.05, 3.63) is 145 Å². The molecule has 0 N–H and O–H groups in total. The van der Waals surface area contributed by atoms with Gasteiger partial charge in [-0.3, -0.25) is 4.98 Å². The van der Waals surface area contributed by atoms with Crippen LogP contribution in [-0.2, 0) is 26.5 Å². The van der Waals surface area contributed by atoms with E-state index in [0.717, 1.165) is 67.2 Å². The Hall–Kier alpha value is -4.61. The van der Waals surface area contributed by atoms with Gasteiger partial charge < -0.3 is 14.0 Å². The number of hydrogen-bond acceptors (Lipinski definition) is 3. The maximum absolute atomic E-state index is 6.24. The van der Waals surface area contributed by atoms with Crippen LogP contribution in [0.25, 0.3) is 61.3 Å². The number of hydrogen-bond donors (Lipinski definition) is 0. The molecule has 0 bridgehead atoms. The third kappa shape index (κ3) is 7.55. The molecule has 0 atom stereocenters. The van der Waals surface area contributed by atoms with Crippen LogP contribution in [0.5, 0.6) is 0 Å². The summed E-state index contributed by atoms with van der Waals surface area (Å²) in [4.78, 5) is 9.69. The summed E-state index contributed by atoms with van der Waals surface area (Å²) >= 11 is 0. The maximum Gasteiger partial charge on any atom is 0.120 e. The summed E-state index contributed by atoms with van der Waals surface area (Å²) in [5.74, 6) is 1.60. The van der Waals surface area contributed by atoms with E-state index in [1.165, 1.54) is 30.0 Å². The van der Waals surface area contributed by atoms with Crippen molar-refractivity contribution < 1.29 is 24.5 Å². The number of para-hydroxylation sites is 4. The van der Waals surface area contributed by atoms with E-state index in [-0.39, 0.29) is 20.1 Å². The molecule has 0 spiro atoms. The van der Waals surface area contributed by atoms with E-state index in [9.17, 15) is 0 Å². The Morgan fingerprint density at radius 2 is 1.49 bits per heavy atom. The summed E-state index contributed by atoms with van der Waals surface area (Å²) in [5.41, 5.74) is 9.29. The molecule has 0 aliphatic carbocycles. The number of rotatable bonds is 8. The van der Waals surface area contributed by atoms with Crippen molar-refractivity contribution in [3.8, 4) is 28.3 Å². The van der Waals surface area contributed by atoms with Crippen molar-refractivity contribution in [2.24, 2.45) is 5.92 Å². The van der Waals surface area contributed by atoms with E-state index in [0.29, 0.717) is 0 Å². The second-order valence-corrected chi connectivity index (χ2v) is 19.0. The zero-order chi connectivity index (χ0) is 34.7. The molecule has 51 heavy (non-hydrogen) atoms. The molecule has 259 valence electrons. The summed E-state index contributed by atoms with van der Waals surface area (Å²) in [7, 11) is -1.37. The van der Waals surface area contributed by atoms with Crippen LogP contribution in [0.1, 0.15) is 32.3 Å². The molecule has 6 heteroatoms. The van der Waals surface area contributed by atoms with E-state index in [2.05, 4.69) is 105 Å². The second-order valence-electron chi connectivity index (χ2n) is 13.9. The summed E-state index contributed by atoms with van der Waals surface area (Å²) in [6, 6.07) is 47.7. The predicted molar refractivity (Wildman–Crippen MR) is 212 cm³/mol. The fourth-order valence-corrected chi connectivity index (χ4v) is 8.41. The van der Waals surface area contributed by atoms with Gasteiger partial charge >= 0.3 is 0 Å². The third-order valence-corrected chi connectivity index (χ3v) is 11.6. The van der Waals surface area contributed by atoms with Crippen LogP contribution in [0.3, 0.4) is 0 Å². The number of furan rings is 1. The number of pyridine rings is 1. The Morgan fingerprint density at radius 1 is 0.765 bits per heavy atom. The Kier molecular flexibility index (Phi) is 11.2. The number of nitrogens with zero attached hydrogens (tertiary/aromatic N) is 3. The zero-order valence-corrected chi connectivity index (χ0v) is 33.3. The van der Waals surface area contributed by atoms with Gasteiger partial charge in [0.25, 0.3) is 0 Å². The molecule has 0 fully saturated rings. The number of aromatic nitrogens is 3. The van der Waals surface area contributed by atoms with Gasteiger partial charge in [-0.25, -0.2) is 0 Å². The van der Waals surface area contributed by atoms with Gasteiger partial charge in [0.1, 0.15) is 5.58 Å². The zero-order valence-electron chi connectivity index (χ0n) is 29.9. The Bertz CT molecular complexity index is 2370. The molecule has 0 amide bonds. The molecular weight excluding hydrogens is 819 g/mol. The van der Waals surface area contributed by atoms with Crippen molar-refractivity contribution in [1.82, 2.24) is 14.5 Å². The molecule has 3 aromatic heterocycles. The SMILES string of the molecule is CCC(CC)Cc1cc(-c2[c-]cccc2)ncc1[Si](C)(C)C.[Ir].[c-]1ccc2c(oc3ccccc32)c1-c1nc2ccccc2n1-c1ccccc1. The first-order valence-electron chi connectivity index (χ1n) is 17.7. The average molecular weight is 862 g/mol. The molecule has 8 rings (SSSR count). The molecule has 0 aliphatic rings. The Labute approximate surface area is 316 Å². The normalized spacial score (nSPS) is 11.5. The van der Waals surface area contributed by atoms with Crippen LogP contribution >= 0.6 is 0 Å². The fraction of sp³-hybridized carbons (Fsp3) is 0.200. The summed E-state index contributed by atoms with van der Waals surface area (Å²) in [5, 5.41) is 3.70. The molecule has 1 radical (unpaired) electrons. The van der Waals surface area contributed by atoms with E-state index in [1.807, 2.05) is 72.8 Å². The predicted octanol–water partition coefficient (Wildman–Crippen LogP) is 11.5. The van der Waals surface area contributed by atoms with Crippen molar-refractivity contribution in [3.63, 3.8) is 0 Å². The van der Waals surface area contributed by atoms with Gasteiger partial charge in [0.15, 0.2) is 0 Å². The van der Waals surface area contributed by atoms with Crippen molar-refractivity contribution in [2.75, 3.05) is 0 Å². The van der Waals surface area contributed by atoms with Gasteiger partial charge in [-0.2, -0.15) is 0 Å². The van der Waals surface area contributed by atoms with Gasteiger partial charge in [0.05, 0.1) is 30.5 Å². The molecule has 0 saturated carbocycles. The first-order valence-corrected chi connectivity index (χ1v) is 21.2. The van der Waals surface area contributed by atoms with E-state index >= 15 is 0 Å². The standard InChI is InChI=1S/C25H15N2O.C20H28NSi.Ir/c1-2-9-17(10-3-1)27-22-15-6-5-14-21(22)26-25(27)20-13-8-12-19-18-11-4-7-16-23(18)28-24(19)20;1-6-16(7-2)13-18-14-19(17-11-9-8-10-12-17)21-15-20(18)22(3,4)5;/h1-12,14-16H;8-11,14-16H,6-7,13H2,1-5H3;/q2*-1;. The summed E-state index contributed by atoms with van der Waals surface area (Å²) < 4.78 is 8.41. The van der Waals surface area contributed by atoms with Gasteiger partial charge in [0, 0.05) is 37.4 Å². The molecule has 0 unspecified atom stereocenters. The van der Waals surface area contributed by atoms with Crippen molar-refractivity contribution >= 4 is 46.2 Å². The Balaban J connectivity index is 0.000000178. The first-order chi connectivity index (χ1) is 24.4. The average Bonchev–Trinajstić information content (AvgIpc) is 3.73. The van der Waals surface area contributed by atoms with Crippen LogP contribution < -0.4 is 5.19 Å². The van der Waals surface area contributed by atoms with E-state index in [1.54, 1.807) is 0 Å². The summed E-state index contributed by atoms with van der Waals surface area (Å²) in [6.07, 6.45) is 5.81. The molecule has 3 heterocycles.